The fourth-order valence-corrected chi connectivity index (χ4v) is 4.47. The first-order chi connectivity index (χ1) is 12.3. The number of benzene rings is 5. The van der Waals surface area contributed by atoms with Crippen LogP contribution in [0.25, 0.3) is 43.1 Å². The van der Waals surface area contributed by atoms with Gasteiger partial charge in [-0.15, -0.1) is 0 Å². The smallest absolute Gasteiger partial charge is 0.127 e. The van der Waals surface area contributed by atoms with Crippen molar-refractivity contribution in [3.05, 3.63) is 77.3 Å². The van der Waals surface area contributed by atoms with E-state index < -0.39 is 0 Å². The zero-order valence-electron chi connectivity index (χ0n) is 13.7. The molecule has 25 heavy (non-hydrogen) atoms. The van der Waals surface area contributed by atoms with Crippen LogP contribution in [0.15, 0.2) is 77.3 Å². The highest BCUT2D eigenvalue weighted by atomic mass is 79.9. The zero-order valence-corrected chi connectivity index (χ0v) is 15.3. The summed E-state index contributed by atoms with van der Waals surface area (Å²) in [6, 6.07) is 25.8. The molecule has 1 nitrogen and oxygen atoms in total. The van der Waals surface area contributed by atoms with Crippen LogP contribution >= 0.6 is 15.9 Å². The second-order valence-corrected chi connectivity index (χ2v) is 7.14. The van der Waals surface area contributed by atoms with Crippen LogP contribution in [0, 0.1) is 0 Å². The fraction of sp³-hybridized carbons (Fsp3) is 0.0435. The summed E-state index contributed by atoms with van der Waals surface area (Å²) in [6.07, 6.45) is 0. The summed E-state index contributed by atoms with van der Waals surface area (Å²) in [5.74, 6) is 0.919. The Morgan fingerprint density at radius 1 is 0.640 bits per heavy atom. The van der Waals surface area contributed by atoms with Crippen molar-refractivity contribution in [3.8, 4) is 5.75 Å². The second-order valence-electron chi connectivity index (χ2n) is 6.29. The van der Waals surface area contributed by atoms with E-state index in [0.29, 0.717) is 0 Å². The van der Waals surface area contributed by atoms with Crippen molar-refractivity contribution >= 4 is 59.0 Å². The van der Waals surface area contributed by atoms with E-state index in [2.05, 4.69) is 88.7 Å². The fourth-order valence-electron chi connectivity index (χ4n) is 3.88. The van der Waals surface area contributed by atoms with Crippen LogP contribution in [-0.2, 0) is 0 Å². The van der Waals surface area contributed by atoms with Crippen LogP contribution in [0.1, 0.15) is 0 Å². The minimum Gasteiger partial charge on any atom is -0.496 e. The molecule has 0 aliphatic carbocycles. The molecular weight excluding hydrogens is 372 g/mol. The maximum atomic E-state index is 5.71. The lowest BCUT2D eigenvalue weighted by atomic mass is 9.92. The highest BCUT2D eigenvalue weighted by Crippen LogP contribution is 2.42. The number of rotatable bonds is 1. The number of hydrogen-bond donors (Lipinski definition) is 0. The molecule has 0 saturated heterocycles. The predicted molar refractivity (Wildman–Crippen MR) is 111 cm³/mol. The van der Waals surface area contributed by atoms with Crippen LogP contribution in [0.5, 0.6) is 5.75 Å². The molecule has 120 valence electrons. The summed E-state index contributed by atoms with van der Waals surface area (Å²) in [5.41, 5.74) is 0. The molecule has 0 aliphatic heterocycles. The highest BCUT2D eigenvalue weighted by Gasteiger charge is 2.13. The summed E-state index contributed by atoms with van der Waals surface area (Å²) in [4.78, 5) is 0. The summed E-state index contributed by atoms with van der Waals surface area (Å²) in [5, 5.41) is 9.88. The lowest BCUT2D eigenvalue weighted by Gasteiger charge is -2.14. The van der Waals surface area contributed by atoms with E-state index in [0.717, 1.165) is 15.6 Å². The van der Waals surface area contributed by atoms with E-state index in [1.165, 1.54) is 37.7 Å². The Morgan fingerprint density at radius 3 is 2.16 bits per heavy atom. The van der Waals surface area contributed by atoms with Gasteiger partial charge in [-0.3, -0.25) is 0 Å². The minimum atomic E-state index is 0.919. The molecule has 2 heteroatoms. The van der Waals surface area contributed by atoms with Gasteiger partial charge in [0, 0.05) is 15.2 Å². The summed E-state index contributed by atoms with van der Waals surface area (Å²) in [7, 11) is 1.74. The van der Waals surface area contributed by atoms with Gasteiger partial charge in [-0.2, -0.15) is 0 Å². The average molecular weight is 387 g/mol. The number of ether oxygens (including phenoxy) is 1. The summed E-state index contributed by atoms with van der Waals surface area (Å²) in [6.45, 7) is 0. The van der Waals surface area contributed by atoms with Crippen LogP contribution in [0.2, 0.25) is 0 Å². The first-order valence-corrected chi connectivity index (χ1v) is 9.06. The lowest BCUT2D eigenvalue weighted by molar-refractivity contribution is 0.420. The maximum absolute atomic E-state index is 5.71. The molecule has 0 saturated carbocycles. The van der Waals surface area contributed by atoms with Crippen molar-refractivity contribution < 1.29 is 4.74 Å². The van der Waals surface area contributed by atoms with Crippen molar-refractivity contribution in [2.24, 2.45) is 0 Å². The van der Waals surface area contributed by atoms with Crippen molar-refractivity contribution in [1.82, 2.24) is 0 Å². The number of methoxy groups -OCH3 is 1. The zero-order chi connectivity index (χ0) is 17.0. The van der Waals surface area contributed by atoms with Gasteiger partial charge in [-0.25, -0.2) is 0 Å². The topological polar surface area (TPSA) is 9.23 Å². The Kier molecular flexibility index (Phi) is 3.22. The largest absolute Gasteiger partial charge is 0.496 e. The van der Waals surface area contributed by atoms with Gasteiger partial charge in [0.15, 0.2) is 0 Å². The van der Waals surface area contributed by atoms with E-state index in [4.69, 9.17) is 4.74 Å². The Hall–Kier alpha value is -2.58. The molecule has 0 radical (unpaired) electrons. The standard InChI is InChI=1S/C23H15BrO/c1-25-21-13-14-6-2-3-7-16(14)23-19(21)11-10-15-12-20(24)17-8-4-5-9-18(17)22(15)23/h2-13H,1H3. The molecule has 0 bridgehead atoms. The molecule has 0 unspecified atom stereocenters. The van der Waals surface area contributed by atoms with Crippen LogP contribution < -0.4 is 4.74 Å². The summed E-state index contributed by atoms with van der Waals surface area (Å²) < 4.78 is 6.84. The Labute approximate surface area is 154 Å². The van der Waals surface area contributed by atoms with E-state index >= 15 is 0 Å². The van der Waals surface area contributed by atoms with Crippen molar-refractivity contribution in [2.75, 3.05) is 7.11 Å². The van der Waals surface area contributed by atoms with Crippen LogP contribution in [0.3, 0.4) is 0 Å². The van der Waals surface area contributed by atoms with E-state index in [1.807, 2.05) is 0 Å². The Bertz CT molecular complexity index is 1290. The van der Waals surface area contributed by atoms with Crippen LogP contribution in [0.4, 0.5) is 0 Å². The molecule has 0 aliphatic rings. The molecule has 5 rings (SSSR count). The third-order valence-corrected chi connectivity index (χ3v) is 5.63. The number of halogens is 1. The normalized spacial score (nSPS) is 11.6. The molecular formula is C23H15BrO. The maximum Gasteiger partial charge on any atom is 0.127 e. The summed E-state index contributed by atoms with van der Waals surface area (Å²) >= 11 is 3.74. The van der Waals surface area contributed by atoms with Gasteiger partial charge in [-0.05, 0) is 50.5 Å². The minimum absolute atomic E-state index is 0.919. The molecule has 5 aromatic rings. The number of fused-ring (bicyclic) bond motifs is 7. The molecule has 0 amide bonds. The Morgan fingerprint density at radius 2 is 1.36 bits per heavy atom. The second kappa shape index (κ2) is 5.47. The van der Waals surface area contributed by atoms with Gasteiger partial charge >= 0.3 is 0 Å². The van der Waals surface area contributed by atoms with E-state index in [-0.39, 0.29) is 0 Å². The van der Waals surface area contributed by atoms with Crippen molar-refractivity contribution in [3.63, 3.8) is 0 Å². The molecule has 0 fully saturated rings. The third-order valence-electron chi connectivity index (χ3n) is 4.98. The number of hydrogen-bond acceptors (Lipinski definition) is 1. The monoisotopic (exact) mass is 386 g/mol. The Balaban J connectivity index is 2.18. The molecule has 0 spiro atoms. The van der Waals surface area contributed by atoms with E-state index in [9.17, 15) is 0 Å². The van der Waals surface area contributed by atoms with Crippen LogP contribution in [-0.4, -0.2) is 7.11 Å². The van der Waals surface area contributed by atoms with Gasteiger partial charge in [0.2, 0.25) is 0 Å². The molecule has 0 atom stereocenters. The quantitative estimate of drug-likeness (QED) is 0.280. The first kappa shape index (κ1) is 14.7. The average Bonchev–Trinajstić information content (AvgIpc) is 2.67. The van der Waals surface area contributed by atoms with Gasteiger partial charge in [0.05, 0.1) is 7.11 Å². The highest BCUT2D eigenvalue weighted by molar-refractivity contribution is 9.10. The van der Waals surface area contributed by atoms with Crippen molar-refractivity contribution in [2.45, 2.75) is 0 Å². The van der Waals surface area contributed by atoms with Gasteiger partial charge in [0.25, 0.3) is 0 Å². The molecule has 0 heterocycles. The van der Waals surface area contributed by atoms with E-state index in [1.54, 1.807) is 7.11 Å². The predicted octanol–water partition coefficient (Wildman–Crippen LogP) is 7.07. The van der Waals surface area contributed by atoms with Crippen molar-refractivity contribution in [1.29, 1.82) is 0 Å². The molecule has 0 aromatic heterocycles. The lowest BCUT2D eigenvalue weighted by Crippen LogP contribution is -1.89. The SMILES string of the molecule is COc1cc2ccccc2c2c1ccc1cc(Br)c3ccccc3c12. The third kappa shape index (κ3) is 2.07. The first-order valence-electron chi connectivity index (χ1n) is 8.27. The molecule has 0 N–H and O–H groups in total. The van der Waals surface area contributed by atoms with Gasteiger partial charge in [-0.1, -0.05) is 70.5 Å². The molecule has 5 aromatic carbocycles. The van der Waals surface area contributed by atoms with Gasteiger partial charge in [0.1, 0.15) is 5.75 Å². The van der Waals surface area contributed by atoms with Gasteiger partial charge < -0.3 is 4.74 Å².